The molecule has 0 radical (unpaired) electrons. The Kier molecular flexibility index (Phi) is 2.43. The number of nitrogens with zero attached hydrogens (tertiary/aromatic N) is 2. The van der Waals surface area contributed by atoms with Gasteiger partial charge in [0.2, 0.25) is 11.9 Å². The van der Waals surface area contributed by atoms with Gasteiger partial charge in [0.15, 0.2) is 0 Å². The van der Waals surface area contributed by atoms with Crippen LogP contribution in [0.4, 0.5) is 5.95 Å². The molecule has 0 aliphatic heterocycles. The maximum atomic E-state index is 11.1. The lowest BCUT2D eigenvalue weighted by atomic mass is 10.3. The van der Waals surface area contributed by atoms with Crippen LogP contribution in [0.15, 0.2) is 12.3 Å². The summed E-state index contributed by atoms with van der Waals surface area (Å²) in [6, 6.07) is 1.92. The Morgan fingerprint density at radius 1 is 1.64 bits per heavy atom. The van der Waals surface area contributed by atoms with Gasteiger partial charge in [-0.1, -0.05) is 6.92 Å². The van der Waals surface area contributed by atoms with Crippen LogP contribution in [-0.2, 0) is 4.79 Å². The van der Waals surface area contributed by atoms with Crippen LogP contribution in [0.25, 0.3) is 0 Å². The molecule has 0 saturated heterocycles. The third kappa shape index (κ3) is 2.07. The summed E-state index contributed by atoms with van der Waals surface area (Å²) in [7, 11) is 0. The molecular formula is C10H13N3O. The average Bonchev–Trinajstić information content (AvgIpc) is 3.01. The highest BCUT2D eigenvalue weighted by Crippen LogP contribution is 2.38. The third-order valence-electron chi connectivity index (χ3n) is 2.25. The number of hydrogen-bond acceptors (Lipinski definition) is 3. The first-order valence-electron chi connectivity index (χ1n) is 4.92. The molecule has 1 aromatic heterocycles. The number of hydrogen-bond donors (Lipinski definition) is 1. The summed E-state index contributed by atoms with van der Waals surface area (Å²) in [5.74, 6) is 0.981. The molecule has 1 amide bonds. The molecule has 1 fully saturated rings. The number of anilines is 1. The van der Waals surface area contributed by atoms with Crippen molar-refractivity contribution in [3.63, 3.8) is 0 Å². The van der Waals surface area contributed by atoms with Gasteiger partial charge in [-0.05, 0) is 18.9 Å². The number of aromatic nitrogens is 2. The van der Waals surface area contributed by atoms with E-state index in [0.29, 0.717) is 18.3 Å². The summed E-state index contributed by atoms with van der Waals surface area (Å²) in [5, 5.41) is 2.65. The van der Waals surface area contributed by atoms with E-state index in [1.54, 1.807) is 13.1 Å². The Morgan fingerprint density at radius 3 is 3.07 bits per heavy atom. The van der Waals surface area contributed by atoms with Crippen LogP contribution in [0.5, 0.6) is 0 Å². The first kappa shape index (κ1) is 9.12. The number of amides is 1. The second kappa shape index (κ2) is 3.74. The van der Waals surface area contributed by atoms with E-state index in [9.17, 15) is 4.79 Å². The van der Waals surface area contributed by atoms with Gasteiger partial charge in [-0.3, -0.25) is 10.1 Å². The van der Waals surface area contributed by atoms with E-state index in [1.165, 1.54) is 12.8 Å². The molecule has 1 heterocycles. The van der Waals surface area contributed by atoms with Crippen molar-refractivity contribution < 1.29 is 4.79 Å². The average molecular weight is 191 g/mol. The van der Waals surface area contributed by atoms with Crippen LogP contribution in [0.2, 0.25) is 0 Å². The van der Waals surface area contributed by atoms with Crippen molar-refractivity contribution in [2.45, 2.75) is 32.1 Å². The summed E-state index contributed by atoms with van der Waals surface area (Å²) >= 11 is 0. The molecule has 1 aliphatic carbocycles. The predicted molar refractivity (Wildman–Crippen MR) is 52.9 cm³/mol. The molecule has 1 N–H and O–H groups in total. The van der Waals surface area contributed by atoms with Gasteiger partial charge in [0.05, 0.1) is 0 Å². The highest BCUT2D eigenvalue weighted by atomic mass is 16.1. The minimum Gasteiger partial charge on any atom is -0.295 e. The molecule has 0 unspecified atom stereocenters. The van der Waals surface area contributed by atoms with Crippen LogP contribution in [-0.4, -0.2) is 15.9 Å². The predicted octanol–water partition coefficient (Wildman–Crippen LogP) is 1.70. The molecule has 14 heavy (non-hydrogen) atoms. The van der Waals surface area contributed by atoms with Gasteiger partial charge < -0.3 is 0 Å². The summed E-state index contributed by atoms with van der Waals surface area (Å²) in [6.45, 7) is 1.81. The fourth-order valence-electron chi connectivity index (χ4n) is 1.25. The smallest absolute Gasteiger partial charge is 0.229 e. The van der Waals surface area contributed by atoms with Crippen molar-refractivity contribution in [3.8, 4) is 0 Å². The van der Waals surface area contributed by atoms with Crippen molar-refractivity contribution in [1.82, 2.24) is 9.97 Å². The number of carbonyl (C=O) groups is 1. The van der Waals surface area contributed by atoms with Gasteiger partial charge in [0, 0.05) is 24.2 Å². The van der Waals surface area contributed by atoms with Crippen LogP contribution in [0, 0.1) is 0 Å². The number of rotatable bonds is 3. The SMILES string of the molecule is CCC(=O)Nc1nccc(C2CC2)n1. The van der Waals surface area contributed by atoms with Crippen LogP contribution < -0.4 is 5.32 Å². The van der Waals surface area contributed by atoms with Crippen molar-refractivity contribution in [3.05, 3.63) is 18.0 Å². The second-order valence-corrected chi connectivity index (χ2v) is 3.48. The maximum Gasteiger partial charge on any atom is 0.229 e. The lowest BCUT2D eigenvalue weighted by molar-refractivity contribution is -0.115. The Bertz CT molecular complexity index is 347. The topological polar surface area (TPSA) is 54.9 Å². The minimum absolute atomic E-state index is 0.0436. The molecule has 0 spiro atoms. The zero-order chi connectivity index (χ0) is 9.97. The van der Waals surface area contributed by atoms with E-state index in [4.69, 9.17) is 0 Å². The molecule has 2 rings (SSSR count). The van der Waals surface area contributed by atoms with E-state index in [-0.39, 0.29) is 5.91 Å². The molecule has 1 saturated carbocycles. The highest BCUT2D eigenvalue weighted by Gasteiger charge is 2.25. The third-order valence-corrected chi connectivity index (χ3v) is 2.25. The molecular weight excluding hydrogens is 178 g/mol. The minimum atomic E-state index is -0.0436. The standard InChI is InChI=1S/C10H13N3O/c1-2-9(14)13-10-11-6-5-8(12-10)7-3-4-7/h5-7H,2-4H2,1H3,(H,11,12,13,14). The molecule has 4 heteroatoms. The lowest BCUT2D eigenvalue weighted by Crippen LogP contribution is -2.12. The molecule has 1 aromatic rings. The first-order valence-corrected chi connectivity index (χ1v) is 4.92. The molecule has 1 aliphatic rings. The molecule has 4 nitrogen and oxygen atoms in total. The molecule has 74 valence electrons. The number of carbonyl (C=O) groups excluding carboxylic acids is 1. The quantitative estimate of drug-likeness (QED) is 0.791. The number of nitrogens with one attached hydrogen (secondary N) is 1. The summed E-state index contributed by atoms with van der Waals surface area (Å²) in [5.41, 5.74) is 1.05. The zero-order valence-corrected chi connectivity index (χ0v) is 8.16. The largest absolute Gasteiger partial charge is 0.295 e. The van der Waals surface area contributed by atoms with Crippen molar-refractivity contribution in [2.75, 3.05) is 5.32 Å². The van der Waals surface area contributed by atoms with Gasteiger partial charge in [0.1, 0.15) is 0 Å². The summed E-state index contributed by atoms with van der Waals surface area (Å²) in [6.07, 6.45) is 4.57. The van der Waals surface area contributed by atoms with Crippen molar-refractivity contribution in [1.29, 1.82) is 0 Å². The van der Waals surface area contributed by atoms with E-state index in [1.807, 2.05) is 6.07 Å². The normalized spacial score (nSPS) is 15.2. The van der Waals surface area contributed by atoms with E-state index >= 15 is 0 Å². The Morgan fingerprint density at radius 2 is 2.43 bits per heavy atom. The fraction of sp³-hybridized carbons (Fsp3) is 0.500. The monoisotopic (exact) mass is 191 g/mol. The Hall–Kier alpha value is -1.45. The van der Waals surface area contributed by atoms with Gasteiger partial charge in [-0.25, -0.2) is 9.97 Å². The van der Waals surface area contributed by atoms with E-state index in [2.05, 4.69) is 15.3 Å². The van der Waals surface area contributed by atoms with Gasteiger partial charge >= 0.3 is 0 Å². The van der Waals surface area contributed by atoms with Crippen LogP contribution in [0.3, 0.4) is 0 Å². The van der Waals surface area contributed by atoms with Crippen LogP contribution >= 0.6 is 0 Å². The van der Waals surface area contributed by atoms with E-state index < -0.39 is 0 Å². The van der Waals surface area contributed by atoms with E-state index in [0.717, 1.165) is 5.69 Å². The summed E-state index contributed by atoms with van der Waals surface area (Å²) < 4.78 is 0. The Balaban J connectivity index is 2.09. The fourth-order valence-corrected chi connectivity index (χ4v) is 1.25. The maximum absolute atomic E-state index is 11.1. The summed E-state index contributed by atoms with van der Waals surface area (Å²) in [4.78, 5) is 19.4. The Labute approximate surface area is 82.8 Å². The van der Waals surface area contributed by atoms with Gasteiger partial charge in [-0.2, -0.15) is 0 Å². The molecule has 0 aromatic carbocycles. The van der Waals surface area contributed by atoms with Crippen LogP contribution in [0.1, 0.15) is 37.8 Å². The molecule has 0 atom stereocenters. The van der Waals surface area contributed by atoms with Crippen molar-refractivity contribution in [2.24, 2.45) is 0 Å². The zero-order valence-electron chi connectivity index (χ0n) is 8.16. The lowest BCUT2D eigenvalue weighted by Gasteiger charge is -2.02. The van der Waals surface area contributed by atoms with Gasteiger partial charge in [-0.15, -0.1) is 0 Å². The van der Waals surface area contributed by atoms with Gasteiger partial charge in [0.25, 0.3) is 0 Å². The molecule has 0 bridgehead atoms. The van der Waals surface area contributed by atoms with Crippen molar-refractivity contribution >= 4 is 11.9 Å². The first-order chi connectivity index (χ1) is 6.79. The highest BCUT2D eigenvalue weighted by molar-refractivity contribution is 5.88. The second-order valence-electron chi connectivity index (χ2n) is 3.48.